The molecule has 0 unspecified atom stereocenters. The highest BCUT2D eigenvalue weighted by Crippen LogP contribution is 2.36. The van der Waals surface area contributed by atoms with Gasteiger partial charge in [0.15, 0.2) is 0 Å². The van der Waals surface area contributed by atoms with E-state index in [9.17, 15) is 17.6 Å². The van der Waals surface area contributed by atoms with Crippen LogP contribution in [0.2, 0.25) is 15.2 Å². The van der Waals surface area contributed by atoms with Crippen LogP contribution in [0.5, 0.6) is 0 Å². The molecule has 5 aromatic rings. The second kappa shape index (κ2) is 11.9. The Hall–Kier alpha value is -3.24. The van der Waals surface area contributed by atoms with E-state index in [2.05, 4.69) is 25.2 Å². The van der Waals surface area contributed by atoms with Crippen LogP contribution in [0.4, 0.5) is 23.4 Å². The molecule has 6 rings (SSSR count). The highest BCUT2D eigenvalue weighted by atomic mass is 35.5. The first-order chi connectivity index (χ1) is 19.5. The Balaban J connectivity index is 0.000000191. The van der Waals surface area contributed by atoms with Gasteiger partial charge in [-0.25, -0.2) is 32.5 Å². The number of anilines is 1. The molecule has 1 saturated heterocycles. The van der Waals surface area contributed by atoms with Gasteiger partial charge in [-0.05, 0) is 31.5 Å². The normalized spacial score (nSPS) is 13.4. The Morgan fingerprint density at radius 3 is 1.93 bits per heavy atom. The van der Waals surface area contributed by atoms with Crippen molar-refractivity contribution >= 4 is 62.4 Å². The predicted molar refractivity (Wildman–Crippen MR) is 156 cm³/mol. The topological polar surface area (TPSA) is 53.9 Å². The molecule has 0 bridgehead atoms. The maximum atomic E-state index is 14.1. The molecule has 5 nitrogen and oxygen atoms in total. The molecule has 1 aliphatic rings. The van der Waals surface area contributed by atoms with Crippen molar-refractivity contribution in [3.8, 4) is 11.3 Å². The van der Waals surface area contributed by atoms with Gasteiger partial charge in [0.05, 0.1) is 37.5 Å². The third-order valence-corrected chi connectivity index (χ3v) is 8.05. The number of nitrogens with one attached hydrogen (secondary N) is 1. The maximum absolute atomic E-state index is 14.1. The average Bonchev–Trinajstić information content (AvgIpc) is 2.94. The summed E-state index contributed by atoms with van der Waals surface area (Å²) in [5, 5.41) is 4.12. The monoisotopic (exact) mass is 621 g/mol. The van der Waals surface area contributed by atoms with Crippen LogP contribution >= 0.6 is 34.8 Å². The second-order valence-electron chi connectivity index (χ2n) is 9.44. The van der Waals surface area contributed by atoms with Crippen molar-refractivity contribution in [3.05, 3.63) is 92.2 Å². The van der Waals surface area contributed by atoms with Crippen molar-refractivity contribution < 1.29 is 17.6 Å². The van der Waals surface area contributed by atoms with Crippen LogP contribution in [0.15, 0.2) is 42.6 Å². The number of nitrogens with zero attached hydrogens (tertiary/aromatic N) is 4. The summed E-state index contributed by atoms with van der Waals surface area (Å²) < 4.78 is 54.1. The number of hydrogen-bond acceptors (Lipinski definition) is 5. The average molecular weight is 623 g/mol. The molecule has 1 N–H and O–H groups in total. The molecule has 1 fully saturated rings. The molecule has 3 aromatic heterocycles. The summed E-state index contributed by atoms with van der Waals surface area (Å²) in [6.45, 7) is 6.97. The minimum absolute atomic E-state index is 0.0972. The zero-order valence-electron chi connectivity index (χ0n) is 21.8. The third kappa shape index (κ3) is 5.90. The fourth-order valence-corrected chi connectivity index (χ4v) is 5.40. The maximum Gasteiger partial charge on any atom is 0.137 e. The molecule has 1 aliphatic heterocycles. The predicted octanol–water partition coefficient (Wildman–Crippen LogP) is 8.07. The Morgan fingerprint density at radius 1 is 0.756 bits per heavy atom. The molecule has 0 atom stereocenters. The first-order valence-corrected chi connectivity index (χ1v) is 13.7. The van der Waals surface area contributed by atoms with E-state index in [1.54, 1.807) is 20.0 Å². The van der Waals surface area contributed by atoms with Crippen molar-refractivity contribution in [2.45, 2.75) is 13.8 Å². The summed E-state index contributed by atoms with van der Waals surface area (Å²) in [5.74, 6) is -1.97. The van der Waals surface area contributed by atoms with Gasteiger partial charge >= 0.3 is 0 Å². The van der Waals surface area contributed by atoms with Gasteiger partial charge in [0.25, 0.3) is 0 Å². The molecule has 0 spiro atoms. The Labute approximate surface area is 248 Å². The van der Waals surface area contributed by atoms with E-state index in [0.29, 0.717) is 16.8 Å². The molecule has 12 heteroatoms. The lowest BCUT2D eigenvalue weighted by molar-refractivity contribution is 0.585. The van der Waals surface area contributed by atoms with Crippen LogP contribution < -0.4 is 10.2 Å². The van der Waals surface area contributed by atoms with E-state index in [-0.39, 0.29) is 37.0 Å². The number of benzene rings is 2. The molecule has 2 aromatic carbocycles. The van der Waals surface area contributed by atoms with E-state index >= 15 is 0 Å². The quantitative estimate of drug-likeness (QED) is 0.159. The molecule has 0 aliphatic carbocycles. The first-order valence-electron chi connectivity index (χ1n) is 12.5. The summed E-state index contributed by atoms with van der Waals surface area (Å²) in [4.78, 5) is 15.0. The van der Waals surface area contributed by atoms with Gasteiger partial charge in [-0.1, -0.05) is 34.8 Å². The Bertz CT molecular complexity index is 1800. The second-order valence-corrected chi connectivity index (χ2v) is 10.6. The number of piperazine rings is 1. The van der Waals surface area contributed by atoms with E-state index in [1.165, 1.54) is 6.07 Å². The molecular weight excluding hydrogens is 601 g/mol. The van der Waals surface area contributed by atoms with E-state index in [0.717, 1.165) is 55.8 Å². The lowest BCUT2D eigenvalue weighted by atomic mass is 10.0. The molecule has 4 heterocycles. The summed E-state index contributed by atoms with van der Waals surface area (Å²) in [5.41, 5.74) is 2.88. The van der Waals surface area contributed by atoms with Gasteiger partial charge in [-0.15, -0.1) is 0 Å². The van der Waals surface area contributed by atoms with Gasteiger partial charge in [-0.3, -0.25) is 0 Å². The number of fused-ring (bicyclic) bond motifs is 2. The van der Waals surface area contributed by atoms with Gasteiger partial charge in [-0.2, -0.15) is 0 Å². The van der Waals surface area contributed by atoms with Crippen molar-refractivity contribution in [1.82, 2.24) is 20.3 Å². The number of hydrogen-bond donors (Lipinski definition) is 1. The van der Waals surface area contributed by atoms with Gasteiger partial charge in [0, 0.05) is 67.8 Å². The summed E-state index contributed by atoms with van der Waals surface area (Å²) >= 11 is 18.0. The lowest BCUT2D eigenvalue weighted by Crippen LogP contribution is -2.43. The largest absolute Gasteiger partial charge is 0.354 e. The summed E-state index contributed by atoms with van der Waals surface area (Å²) in [6.07, 6.45) is 1.72. The van der Waals surface area contributed by atoms with E-state index < -0.39 is 23.3 Å². The number of halogens is 7. The highest BCUT2D eigenvalue weighted by Gasteiger charge is 2.18. The molecule has 0 amide bonds. The summed E-state index contributed by atoms with van der Waals surface area (Å²) in [7, 11) is 0. The minimum atomic E-state index is -0.734. The SMILES string of the molecule is Cc1c(-c2ccnc(N3CCNCC3)c2)nc2cc(F)cc(F)c2c1Cl.Cc1c(Cl)nc2cc(F)cc(F)c2c1Cl. The van der Waals surface area contributed by atoms with Crippen LogP contribution in [-0.2, 0) is 0 Å². The van der Waals surface area contributed by atoms with Crippen LogP contribution in [0.25, 0.3) is 33.1 Å². The zero-order chi connectivity index (χ0) is 29.4. The molecular formula is C29H22Cl3F4N5. The highest BCUT2D eigenvalue weighted by molar-refractivity contribution is 6.39. The van der Waals surface area contributed by atoms with Gasteiger partial charge in [0.2, 0.25) is 0 Å². The number of rotatable bonds is 2. The van der Waals surface area contributed by atoms with Crippen molar-refractivity contribution in [3.63, 3.8) is 0 Å². The zero-order valence-corrected chi connectivity index (χ0v) is 24.1. The van der Waals surface area contributed by atoms with E-state index in [4.69, 9.17) is 34.8 Å². The molecule has 0 saturated carbocycles. The van der Waals surface area contributed by atoms with E-state index in [1.807, 2.05) is 12.1 Å². The number of pyridine rings is 3. The third-order valence-electron chi connectivity index (χ3n) is 6.74. The Morgan fingerprint density at radius 2 is 1.32 bits per heavy atom. The van der Waals surface area contributed by atoms with Crippen LogP contribution in [-0.4, -0.2) is 41.1 Å². The molecule has 212 valence electrons. The first kappa shape index (κ1) is 29.3. The van der Waals surface area contributed by atoms with Gasteiger partial charge < -0.3 is 10.2 Å². The Kier molecular flexibility index (Phi) is 8.52. The number of aromatic nitrogens is 3. The van der Waals surface area contributed by atoms with Crippen molar-refractivity contribution in [2.75, 3.05) is 31.1 Å². The van der Waals surface area contributed by atoms with Crippen LogP contribution in [0.1, 0.15) is 11.1 Å². The fraction of sp³-hybridized carbons (Fsp3) is 0.207. The standard InChI is InChI=1S/C19H17ClF2N4.C10H5Cl2F2N/c1-11-18(20)17-14(22)9-13(21)10-15(17)25-19(11)12-2-3-24-16(8-12)26-6-4-23-5-7-26;1-4-9(11)8-6(14)2-5(13)3-7(8)15-10(4)12/h2-3,8-10,23H,4-7H2,1H3;2-3H,1H3. The summed E-state index contributed by atoms with van der Waals surface area (Å²) in [6, 6.07) is 7.66. The van der Waals surface area contributed by atoms with Crippen LogP contribution in [0, 0.1) is 37.1 Å². The van der Waals surface area contributed by atoms with Crippen LogP contribution in [0.3, 0.4) is 0 Å². The molecule has 41 heavy (non-hydrogen) atoms. The fourth-order valence-electron chi connectivity index (χ4n) is 4.61. The van der Waals surface area contributed by atoms with Gasteiger partial charge in [0.1, 0.15) is 34.2 Å². The molecule has 0 radical (unpaired) electrons. The van der Waals surface area contributed by atoms with Crippen molar-refractivity contribution in [2.24, 2.45) is 0 Å². The lowest BCUT2D eigenvalue weighted by Gasteiger charge is -2.28. The minimum Gasteiger partial charge on any atom is -0.354 e. The smallest absolute Gasteiger partial charge is 0.137 e. The van der Waals surface area contributed by atoms with Crippen molar-refractivity contribution in [1.29, 1.82) is 0 Å².